The van der Waals surface area contributed by atoms with E-state index < -0.39 is 5.97 Å². The average Bonchev–Trinajstić information content (AvgIpc) is 3.08. The Labute approximate surface area is 187 Å². The maximum atomic E-state index is 12.4. The molecule has 0 amide bonds. The number of ether oxygens (including phenoxy) is 2. The quantitative estimate of drug-likeness (QED) is 0.365. The van der Waals surface area contributed by atoms with Crippen LogP contribution in [0.4, 0.5) is 0 Å². The molecule has 0 atom stereocenters. The molecule has 4 rings (SSSR count). The number of hydrogen-bond donors (Lipinski definition) is 1. The normalized spacial score (nSPS) is 11.5. The standard InChI is InChI=1S/C27H27NO4/c1-5-31-20-9-8-10-21(17-20)32-25-22-11-6-7-12-23(22)28(24(25)26(29)30)19-15-13-18(14-16-19)27(2,3)4/h6-17H,5H2,1-4H3,(H,29,30). The zero-order chi connectivity index (χ0) is 22.9. The highest BCUT2D eigenvalue weighted by Crippen LogP contribution is 2.39. The molecule has 0 unspecified atom stereocenters. The SMILES string of the molecule is CCOc1cccc(Oc2c(C(=O)O)n(-c3ccc(C(C)(C)C)cc3)c3ccccc23)c1. The van der Waals surface area contributed by atoms with Crippen molar-refractivity contribution in [3.8, 4) is 22.9 Å². The Morgan fingerprint density at radius 1 is 0.938 bits per heavy atom. The fraction of sp³-hybridized carbons (Fsp3) is 0.222. The first-order valence-electron chi connectivity index (χ1n) is 10.7. The Bertz CT molecular complexity index is 1260. The molecule has 3 aromatic carbocycles. The van der Waals surface area contributed by atoms with Crippen LogP contribution in [0, 0.1) is 0 Å². The van der Waals surface area contributed by atoms with Crippen molar-refractivity contribution < 1.29 is 19.4 Å². The van der Waals surface area contributed by atoms with Gasteiger partial charge in [-0.05, 0) is 54.3 Å². The van der Waals surface area contributed by atoms with Crippen LogP contribution in [0.25, 0.3) is 16.6 Å². The second-order valence-corrected chi connectivity index (χ2v) is 8.64. The molecule has 1 aromatic heterocycles. The molecule has 5 heteroatoms. The van der Waals surface area contributed by atoms with Crippen molar-refractivity contribution in [2.45, 2.75) is 33.1 Å². The lowest BCUT2D eigenvalue weighted by atomic mass is 9.87. The average molecular weight is 430 g/mol. The lowest BCUT2D eigenvalue weighted by molar-refractivity contribution is 0.0686. The Morgan fingerprint density at radius 3 is 2.28 bits per heavy atom. The molecular weight excluding hydrogens is 402 g/mol. The molecule has 164 valence electrons. The molecule has 0 aliphatic rings. The van der Waals surface area contributed by atoms with E-state index in [1.807, 2.05) is 67.6 Å². The van der Waals surface area contributed by atoms with Gasteiger partial charge in [-0.1, -0.05) is 51.1 Å². The highest BCUT2D eigenvalue weighted by molar-refractivity contribution is 6.02. The lowest BCUT2D eigenvalue weighted by Gasteiger charge is -2.19. The highest BCUT2D eigenvalue weighted by Gasteiger charge is 2.26. The number of aromatic nitrogens is 1. The van der Waals surface area contributed by atoms with Crippen LogP contribution in [0.2, 0.25) is 0 Å². The second kappa shape index (κ2) is 8.42. The van der Waals surface area contributed by atoms with Crippen molar-refractivity contribution in [3.63, 3.8) is 0 Å². The Morgan fingerprint density at radius 2 is 1.62 bits per heavy atom. The number of carbonyl (C=O) groups is 1. The fourth-order valence-corrected chi connectivity index (χ4v) is 3.80. The molecule has 32 heavy (non-hydrogen) atoms. The molecule has 1 N–H and O–H groups in total. The molecule has 1 heterocycles. The second-order valence-electron chi connectivity index (χ2n) is 8.64. The number of fused-ring (bicyclic) bond motifs is 1. The van der Waals surface area contributed by atoms with Crippen molar-refractivity contribution in [2.75, 3.05) is 6.61 Å². The molecule has 5 nitrogen and oxygen atoms in total. The summed E-state index contributed by atoms with van der Waals surface area (Å²) in [6, 6.07) is 22.8. The van der Waals surface area contributed by atoms with Crippen LogP contribution >= 0.6 is 0 Å². The summed E-state index contributed by atoms with van der Waals surface area (Å²) in [6.45, 7) is 8.90. The molecule has 0 aliphatic carbocycles. The van der Waals surface area contributed by atoms with Crippen molar-refractivity contribution in [3.05, 3.63) is 84.1 Å². The predicted molar refractivity (Wildman–Crippen MR) is 127 cm³/mol. The van der Waals surface area contributed by atoms with Crippen molar-refractivity contribution >= 4 is 16.9 Å². The van der Waals surface area contributed by atoms with E-state index in [2.05, 4.69) is 20.8 Å². The predicted octanol–water partition coefficient (Wildman–Crippen LogP) is 6.82. The third kappa shape index (κ3) is 4.06. The van der Waals surface area contributed by atoms with Gasteiger partial charge >= 0.3 is 5.97 Å². The topological polar surface area (TPSA) is 60.7 Å². The summed E-state index contributed by atoms with van der Waals surface area (Å²) in [5.41, 5.74) is 2.80. The van der Waals surface area contributed by atoms with Gasteiger partial charge in [0, 0.05) is 17.1 Å². The van der Waals surface area contributed by atoms with Crippen LogP contribution in [0.3, 0.4) is 0 Å². The monoisotopic (exact) mass is 429 g/mol. The molecule has 0 saturated heterocycles. The van der Waals surface area contributed by atoms with Crippen LogP contribution in [0.5, 0.6) is 17.2 Å². The summed E-state index contributed by atoms with van der Waals surface area (Å²) in [4.78, 5) is 12.4. The smallest absolute Gasteiger partial charge is 0.356 e. The van der Waals surface area contributed by atoms with Gasteiger partial charge in [0.2, 0.25) is 0 Å². The van der Waals surface area contributed by atoms with Gasteiger partial charge in [-0.3, -0.25) is 0 Å². The zero-order valence-corrected chi connectivity index (χ0v) is 18.8. The van der Waals surface area contributed by atoms with Gasteiger partial charge in [-0.15, -0.1) is 0 Å². The number of carboxylic acids is 1. The Balaban J connectivity index is 1.89. The first-order chi connectivity index (χ1) is 15.3. The van der Waals surface area contributed by atoms with Crippen LogP contribution in [0.1, 0.15) is 43.7 Å². The van der Waals surface area contributed by atoms with Crippen LogP contribution in [-0.2, 0) is 5.41 Å². The van der Waals surface area contributed by atoms with E-state index in [0.717, 1.165) is 16.6 Å². The molecule has 0 spiro atoms. The van der Waals surface area contributed by atoms with Gasteiger partial charge < -0.3 is 19.1 Å². The maximum Gasteiger partial charge on any atom is 0.356 e. The lowest BCUT2D eigenvalue weighted by Crippen LogP contribution is -2.12. The van der Waals surface area contributed by atoms with Gasteiger partial charge in [0.1, 0.15) is 11.5 Å². The number of para-hydroxylation sites is 1. The third-order valence-electron chi connectivity index (χ3n) is 5.36. The Kier molecular flexibility index (Phi) is 5.66. The number of aromatic carboxylic acids is 1. The van der Waals surface area contributed by atoms with E-state index in [9.17, 15) is 9.90 Å². The summed E-state index contributed by atoms with van der Waals surface area (Å²) in [7, 11) is 0. The van der Waals surface area contributed by atoms with E-state index in [0.29, 0.717) is 23.9 Å². The summed E-state index contributed by atoms with van der Waals surface area (Å²) in [5, 5.41) is 10.9. The van der Waals surface area contributed by atoms with Crippen LogP contribution in [0.15, 0.2) is 72.8 Å². The first-order valence-corrected chi connectivity index (χ1v) is 10.7. The van der Waals surface area contributed by atoms with E-state index in [1.165, 1.54) is 5.56 Å². The van der Waals surface area contributed by atoms with Crippen LogP contribution in [-0.4, -0.2) is 22.2 Å². The summed E-state index contributed by atoms with van der Waals surface area (Å²) in [5.74, 6) is 0.437. The van der Waals surface area contributed by atoms with Gasteiger partial charge in [-0.25, -0.2) is 4.79 Å². The van der Waals surface area contributed by atoms with E-state index in [-0.39, 0.29) is 11.1 Å². The van der Waals surface area contributed by atoms with Gasteiger partial charge in [0.25, 0.3) is 0 Å². The highest BCUT2D eigenvalue weighted by atomic mass is 16.5. The number of nitrogens with zero attached hydrogens (tertiary/aromatic N) is 1. The fourth-order valence-electron chi connectivity index (χ4n) is 3.80. The maximum absolute atomic E-state index is 12.4. The molecule has 0 bridgehead atoms. The number of hydrogen-bond acceptors (Lipinski definition) is 3. The van der Waals surface area contributed by atoms with Gasteiger partial charge in [0.05, 0.1) is 12.1 Å². The molecular formula is C27H27NO4. The van der Waals surface area contributed by atoms with Crippen molar-refractivity contribution in [1.82, 2.24) is 4.57 Å². The molecule has 0 saturated carbocycles. The Hall–Kier alpha value is -3.73. The largest absolute Gasteiger partial charge is 0.494 e. The van der Waals surface area contributed by atoms with E-state index >= 15 is 0 Å². The summed E-state index contributed by atoms with van der Waals surface area (Å²) in [6.07, 6.45) is 0. The zero-order valence-electron chi connectivity index (χ0n) is 18.8. The minimum absolute atomic E-state index is 0.00671. The first kappa shape index (κ1) is 21.5. The minimum Gasteiger partial charge on any atom is -0.494 e. The van der Waals surface area contributed by atoms with Gasteiger partial charge in [0.15, 0.2) is 11.4 Å². The number of benzene rings is 3. The molecule has 4 aromatic rings. The summed E-state index contributed by atoms with van der Waals surface area (Å²) < 4.78 is 13.5. The molecule has 0 fully saturated rings. The van der Waals surface area contributed by atoms with Crippen LogP contribution < -0.4 is 9.47 Å². The third-order valence-corrected chi connectivity index (χ3v) is 5.36. The summed E-state index contributed by atoms with van der Waals surface area (Å²) >= 11 is 0. The van der Waals surface area contributed by atoms with Crippen molar-refractivity contribution in [2.24, 2.45) is 0 Å². The van der Waals surface area contributed by atoms with E-state index in [1.54, 1.807) is 16.7 Å². The minimum atomic E-state index is -1.06. The van der Waals surface area contributed by atoms with Crippen molar-refractivity contribution in [1.29, 1.82) is 0 Å². The molecule has 0 radical (unpaired) electrons. The number of rotatable bonds is 6. The van der Waals surface area contributed by atoms with Gasteiger partial charge in [-0.2, -0.15) is 0 Å². The van der Waals surface area contributed by atoms with E-state index in [4.69, 9.17) is 9.47 Å². The molecule has 0 aliphatic heterocycles. The number of carboxylic acid groups (broad SMARTS) is 1.